The molecule has 0 aliphatic heterocycles. The Morgan fingerprint density at radius 3 is 2.95 bits per heavy atom. The van der Waals surface area contributed by atoms with Crippen molar-refractivity contribution in [3.63, 3.8) is 0 Å². The summed E-state index contributed by atoms with van der Waals surface area (Å²) in [5, 5.41) is -0.0495. The summed E-state index contributed by atoms with van der Waals surface area (Å²) in [6, 6.07) is 2.68. The average Bonchev–Trinajstić information content (AvgIpc) is 3.10. The van der Waals surface area contributed by atoms with E-state index in [4.69, 9.17) is 16.6 Å². The molecule has 4 unspecified atom stereocenters. The summed E-state index contributed by atoms with van der Waals surface area (Å²) in [5.41, 5.74) is 2.18. The van der Waals surface area contributed by atoms with Gasteiger partial charge < -0.3 is 4.57 Å². The van der Waals surface area contributed by atoms with Crippen LogP contribution in [0.2, 0.25) is 0 Å². The van der Waals surface area contributed by atoms with E-state index in [2.05, 4.69) is 15.6 Å². The van der Waals surface area contributed by atoms with E-state index in [9.17, 15) is 0 Å². The summed E-state index contributed by atoms with van der Waals surface area (Å²) >= 11 is 6.36. The van der Waals surface area contributed by atoms with Gasteiger partial charge in [-0.05, 0) is 44.1 Å². The minimum Gasteiger partial charge on any atom is -0.323 e. The summed E-state index contributed by atoms with van der Waals surface area (Å²) < 4.78 is 2.42. The fraction of sp³-hybridized carbons (Fsp3) is 0.600. The Bertz CT molecular complexity index is 619. The number of imidazole rings is 1. The number of pyridine rings is 1. The number of fused-ring (bicyclic) bond motifs is 3. The highest BCUT2D eigenvalue weighted by atomic mass is 35.5. The van der Waals surface area contributed by atoms with Crippen LogP contribution >= 0.6 is 11.6 Å². The van der Waals surface area contributed by atoms with Gasteiger partial charge in [0.15, 0.2) is 0 Å². The predicted octanol–water partition coefficient (Wildman–Crippen LogP) is 4.09. The summed E-state index contributed by atoms with van der Waals surface area (Å²) in [5.74, 6) is 2.76. The predicted molar refractivity (Wildman–Crippen MR) is 76.3 cm³/mol. The molecule has 2 heterocycles. The van der Waals surface area contributed by atoms with Crippen LogP contribution < -0.4 is 0 Å². The van der Waals surface area contributed by atoms with Gasteiger partial charge in [-0.3, -0.25) is 4.98 Å². The zero-order valence-corrected chi connectivity index (χ0v) is 11.8. The lowest BCUT2D eigenvalue weighted by atomic mass is 9.95. The van der Waals surface area contributed by atoms with Crippen LogP contribution in [0.3, 0.4) is 0 Å². The molecule has 2 aliphatic carbocycles. The van der Waals surface area contributed by atoms with Gasteiger partial charge in [-0.2, -0.15) is 0 Å². The molecule has 2 aromatic rings. The maximum atomic E-state index is 6.36. The van der Waals surface area contributed by atoms with Crippen molar-refractivity contribution in [1.82, 2.24) is 14.5 Å². The molecule has 0 spiro atoms. The third-order valence-corrected chi connectivity index (χ3v) is 5.10. The fourth-order valence-electron chi connectivity index (χ4n) is 4.13. The molecular formula is C15H18ClN3. The smallest absolute Gasteiger partial charge is 0.128 e. The van der Waals surface area contributed by atoms with Crippen molar-refractivity contribution in [2.24, 2.45) is 11.8 Å². The van der Waals surface area contributed by atoms with E-state index in [0.717, 1.165) is 23.2 Å². The molecule has 2 aromatic heterocycles. The third-order valence-electron chi connectivity index (χ3n) is 4.91. The summed E-state index contributed by atoms with van der Waals surface area (Å²) in [6.45, 7) is 2.01. The minimum absolute atomic E-state index is 0.0495. The Hall–Kier alpha value is -1.09. The minimum atomic E-state index is -0.0495. The van der Waals surface area contributed by atoms with E-state index in [1.54, 1.807) is 0 Å². The number of hydrogen-bond donors (Lipinski definition) is 0. The molecule has 0 saturated heterocycles. The van der Waals surface area contributed by atoms with Crippen molar-refractivity contribution in [3.05, 3.63) is 24.3 Å². The van der Waals surface area contributed by atoms with E-state index < -0.39 is 0 Å². The Labute approximate surface area is 118 Å². The molecule has 2 aliphatic rings. The normalized spacial score (nSPS) is 31.2. The first kappa shape index (κ1) is 11.7. The van der Waals surface area contributed by atoms with Crippen molar-refractivity contribution in [3.8, 4) is 0 Å². The van der Waals surface area contributed by atoms with Crippen LogP contribution in [0.1, 0.15) is 49.9 Å². The monoisotopic (exact) mass is 275 g/mol. The molecule has 4 heteroatoms. The van der Waals surface area contributed by atoms with E-state index in [1.165, 1.54) is 31.2 Å². The molecular weight excluding hydrogens is 258 g/mol. The second-order valence-corrected chi connectivity index (χ2v) is 6.72. The lowest BCUT2D eigenvalue weighted by Crippen LogP contribution is -2.18. The fourth-order valence-corrected chi connectivity index (χ4v) is 4.28. The number of halogens is 1. The largest absolute Gasteiger partial charge is 0.323 e. The Balaban J connectivity index is 1.89. The quantitative estimate of drug-likeness (QED) is 0.773. The SMILES string of the molecule is CC(Cl)c1nc2cnccc2n1C1CC2CCC1C2. The number of hydrogen-bond acceptors (Lipinski definition) is 2. The molecule has 4 rings (SSSR count). The molecule has 19 heavy (non-hydrogen) atoms. The zero-order valence-electron chi connectivity index (χ0n) is 11.1. The molecule has 0 N–H and O–H groups in total. The van der Waals surface area contributed by atoms with Gasteiger partial charge in [0, 0.05) is 12.2 Å². The first-order valence-electron chi connectivity index (χ1n) is 7.20. The Morgan fingerprint density at radius 1 is 1.37 bits per heavy atom. The molecule has 2 bridgehead atoms. The van der Waals surface area contributed by atoms with Gasteiger partial charge in [0.25, 0.3) is 0 Å². The van der Waals surface area contributed by atoms with Crippen molar-refractivity contribution in [1.29, 1.82) is 0 Å². The molecule has 100 valence electrons. The van der Waals surface area contributed by atoms with E-state index >= 15 is 0 Å². The molecule has 2 fully saturated rings. The van der Waals surface area contributed by atoms with Gasteiger partial charge in [0.05, 0.1) is 17.1 Å². The van der Waals surface area contributed by atoms with Gasteiger partial charge >= 0.3 is 0 Å². The van der Waals surface area contributed by atoms with Crippen LogP contribution in [0.4, 0.5) is 0 Å². The first-order valence-corrected chi connectivity index (χ1v) is 7.63. The maximum Gasteiger partial charge on any atom is 0.128 e. The lowest BCUT2D eigenvalue weighted by molar-refractivity contribution is 0.329. The Morgan fingerprint density at radius 2 is 2.26 bits per heavy atom. The zero-order chi connectivity index (χ0) is 13.0. The number of aromatic nitrogens is 3. The van der Waals surface area contributed by atoms with Crippen molar-refractivity contribution in [2.45, 2.75) is 44.0 Å². The highest BCUT2D eigenvalue weighted by Crippen LogP contribution is 2.52. The van der Waals surface area contributed by atoms with E-state index in [-0.39, 0.29) is 5.38 Å². The second-order valence-electron chi connectivity index (χ2n) is 6.06. The average molecular weight is 276 g/mol. The van der Waals surface area contributed by atoms with Gasteiger partial charge in [0.2, 0.25) is 0 Å². The molecule has 2 saturated carbocycles. The van der Waals surface area contributed by atoms with Gasteiger partial charge in [-0.15, -0.1) is 11.6 Å². The number of alkyl halides is 1. The van der Waals surface area contributed by atoms with E-state index in [0.29, 0.717) is 6.04 Å². The van der Waals surface area contributed by atoms with Crippen molar-refractivity contribution >= 4 is 22.6 Å². The molecule has 0 radical (unpaired) electrons. The van der Waals surface area contributed by atoms with Gasteiger partial charge in [-0.25, -0.2) is 4.98 Å². The van der Waals surface area contributed by atoms with Gasteiger partial charge in [-0.1, -0.05) is 6.42 Å². The number of rotatable bonds is 2. The van der Waals surface area contributed by atoms with Crippen LogP contribution in [0.15, 0.2) is 18.5 Å². The first-order chi connectivity index (χ1) is 9.24. The molecule has 3 nitrogen and oxygen atoms in total. The number of nitrogens with zero attached hydrogens (tertiary/aromatic N) is 3. The maximum absolute atomic E-state index is 6.36. The van der Waals surface area contributed by atoms with Crippen molar-refractivity contribution in [2.75, 3.05) is 0 Å². The van der Waals surface area contributed by atoms with Crippen LogP contribution in [-0.4, -0.2) is 14.5 Å². The second kappa shape index (κ2) is 4.20. The van der Waals surface area contributed by atoms with Crippen LogP contribution in [0.25, 0.3) is 11.0 Å². The summed E-state index contributed by atoms with van der Waals surface area (Å²) in [7, 11) is 0. The summed E-state index contributed by atoms with van der Waals surface area (Å²) in [6.07, 6.45) is 9.19. The molecule has 4 atom stereocenters. The van der Waals surface area contributed by atoms with Crippen molar-refractivity contribution < 1.29 is 0 Å². The molecule has 0 aromatic carbocycles. The van der Waals surface area contributed by atoms with Gasteiger partial charge in [0.1, 0.15) is 11.3 Å². The van der Waals surface area contributed by atoms with E-state index in [1.807, 2.05) is 19.3 Å². The van der Waals surface area contributed by atoms with Crippen LogP contribution in [0, 0.1) is 11.8 Å². The van der Waals surface area contributed by atoms with Crippen LogP contribution in [0.5, 0.6) is 0 Å². The highest BCUT2D eigenvalue weighted by Gasteiger charge is 2.41. The summed E-state index contributed by atoms with van der Waals surface area (Å²) in [4.78, 5) is 8.89. The lowest BCUT2D eigenvalue weighted by Gasteiger charge is -2.26. The molecule has 0 amide bonds. The topological polar surface area (TPSA) is 30.7 Å². The third kappa shape index (κ3) is 1.71. The standard InChI is InChI=1S/C15H18ClN3/c1-9(16)15-18-12-8-17-5-4-13(12)19(15)14-7-10-2-3-11(14)6-10/h4-5,8-11,14H,2-3,6-7H2,1H3. The highest BCUT2D eigenvalue weighted by molar-refractivity contribution is 6.20. The Kier molecular flexibility index (Phi) is 2.59. The van der Waals surface area contributed by atoms with Crippen LogP contribution in [-0.2, 0) is 0 Å².